The fourth-order valence-electron chi connectivity index (χ4n) is 5.97. The van der Waals surface area contributed by atoms with Gasteiger partial charge in [0.05, 0.1) is 17.8 Å². The second-order valence-corrected chi connectivity index (χ2v) is 16.1. The summed E-state index contributed by atoms with van der Waals surface area (Å²) in [5.41, 5.74) is 3.51. The molecule has 0 unspecified atom stereocenters. The van der Waals surface area contributed by atoms with Crippen molar-refractivity contribution in [2.75, 3.05) is 0 Å². The minimum Gasteiger partial charge on any atom is -0.459 e. The second-order valence-electron chi connectivity index (χ2n) is 15.3. The van der Waals surface area contributed by atoms with Crippen LogP contribution in [0.3, 0.4) is 0 Å². The zero-order chi connectivity index (χ0) is 38.0. The first kappa shape index (κ1) is 38.5. The fourth-order valence-corrected chi connectivity index (χ4v) is 7.01. The minimum atomic E-state index is -0.611. The number of carbonyl (C=O) groups is 4. The topological polar surface area (TPSA) is 153 Å². The van der Waals surface area contributed by atoms with E-state index in [1.165, 1.54) is 28.7 Å². The zero-order valence-electron chi connectivity index (χ0n) is 31.2. The van der Waals surface area contributed by atoms with Crippen LogP contribution in [0.4, 0.5) is 0 Å². The van der Waals surface area contributed by atoms with Gasteiger partial charge in [0.25, 0.3) is 11.8 Å². The highest BCUT2D eigenvalue weighted by molar-refractivity contribution is 7.97. The van der Waals surface area contributed by atoms with Gasteiger partial charge in [-0.3, -0.25) is 14.4 Å². The van der Waals surface area contributed by atoms with Crippen molar-refractivity contribution < 1.29 is 28.7 Å². The lowest BCUT2D eigenvalue weighted by molar-refractivity contribution is -0.158. The molecule has 4 aromatic rings. The molecule has 0 saturated heterocycles. The lowest BCUT2D eigenvalue weighted by Crippen LogP contribution is -2.41. The van der Waals surface area contributed by atoms with Crippen molar-refractivity contribution in [3.05, 3.63) is 93.9 Å². The Labute approximate surface area is 309 Å². The summed E-state index contributed by atoms with van der Waals surface area (Å²) in [4.78, 5) is 58.3. The number of aromatic nitrogens is 3. The average molecular weight is 729 g/mol. The van der Waals surface area contributed by atoms with E-state index >= 15 is 0 Å². The lowest BCUT2D eigenvalue weighted by Gasteiger charge is -2.26. The van der Waals surface area contributed by atoms with E-state index in [1.807, 2.05) is 92.6 Å². The Hall–Kier alpha value is -4.75. The molecule has 12 nitrogen and oxygen atoms in total. The molecule has 1 aliphatic rings. The fraction of sp³-hybridized carbons (Fsp3) is 0.436. The van der Waals surface area contributed by atoms with Gasteiger partial charge >= 0.3 is 11.9 Å². The Morgan fingerprint density at radius 2 is 1.67 bits per heavy atom. The van der Waals surface area contributed by atoms with Gasteiger partial charge in [0, 0.05) is 23.6 Å². The number of hydrogen-bond acceptors (Lipinski definition) is 10. The normalized spacial score (nSPS) is 14.9. The van der Waals surface area contributed by atoms with Crippen LogP contribution in [0.15, 0.2) is 59.6 Å². The van der Waals surface area contributed by atoms with E-state index in [9.17, 15) is 19.2 Å². The van der Waals surface area contributed by atoms with Crippen LogP contribution in [0.5, 0.6) is 0 Å². The summed E-state index contributed by atoms with van der Waals surface area (Å²) in [6, 6.07) is 13.4. The van der Waals surface area contributed by atoms with E-state index in [1.54, 1.807) is 12.1 Å². The number of amides is 2. The Morgan fingerprint density at radius 1 is 0.962 bits per heavy atom. The molecule has 2 atom stereocenters. The van der Waals surface area contributed by atoms with Crippen LogP contribution in [0, 0.1) is 12.8 Å². The van der Waals surface area contributed by atoms with Crippen LogP contribution in [0.1, 0.15) is 121 Å². The number of hydrogen-bond donors (Lipinski definition) is 3. The number of rotatable bonds is 11. The summed E-state index contributed by atoms with van der Waals surface area (Å²) in [5, 5.41) is 10.3. The van der Waals surface area contributed by atoms with Gasteiger partial charge in [-0.15, -0.1) is 0 Å². The standard InChI is InChI=1S/C39H48N6O6S/c1-22(2)33(37(49)51-39(7,8)9)44-52-31-13-11-10-12-24(31)21-40-34(46)29-20-30(45-32(42-29)18-19-41-45)35(47)43-28-17-16-25-23(3)26(14-15-27(25)28)36(48)50-38(4,5)6/h10-15,18-20,22,28,33,44H,16-17,21H2,1-9H3,(H,40,46)(H,43,47)/t28-,33-/m0/s1. The molecule has 0 spiro atoms. The zero-order valence-corrected chi connectivity index (χ0v) is 32.1. The van der Waals surface area contributed by atoms with Gasteiger partial charge in [0.1, 0.15) is 28.6 Å². The quantitative estimate of drug-likeness (QED) is 0.118. The smallest absolute Gasteiger partial charge is 0.338 e. The predicted molar refractivity (Wildman–Crippen MR) is 199 cm³/mol. The van der Waals surface area contributed by atoms with Crippen LogP contribution in [-0.2, 0) is 27.2 Å². The number of ether oxygens (including phenoxy) is 2. The molecule has 5 rings (SSSR count). The molecule has 2 aromatic carbocycles. The molecule has 52 heavy (non-hydrogen) atoms. The lowest BCUT2D eigenvalue weighted by atomic mass is 9.97. The Morgan fingerprint density at radius 3 is 2.37 bits per heavy atom. The maximum Gasteiger partial charge on any atom is 0.338 e. The molecule has 2 heterocycles. The Kier molecular flexibility index (Phi) is 11.4. The summed E-state index contributed by atoms with van der Waals surface area (Å²) >= 11 is 1.30. The maximum absolute atomic E-state index is 13.8. The van der Waals surface area contributed by atoms with Gasteiger partial charge in [0.15, 0.2) is 5.65 Å². The molecular weight excluding hydrogens is 681 g/mol. The van der Waals surface area contributed by atoms with Crippen molar-refractivity contribution in [1.82, 2.24) is 30.0 Å². The molecule has 0 fully saturated rings. The van der Waals surface area contributed by atoms with Crippen molar-refractivity contribution in [3.63, 3.8) is 0 Å². The van der Waals surface area contributed by atoms with Gasteiger partial charge < -0.3 is 20.1 Å². The van der Waals surface area contributed by atoms with Gasteiger partial charge in [0.2, 0.25) is 0 Å². The Bertz CT molecular complexity index is 1990. The summed E-state index contributed by atoms with van der Waals surface area (Å²) in [6.45, 7) is 17.0. The monoisotopic (exact) mass is 728 g/mol. The van der Waals surface area contributed by atoms with Gasteiger partial charge in [-0.1, -0.05) is 38.1 Å². The number of nitrogens with zero attached hydrogens (tertiary/aromatic N) is 3. The Balaban J connectivity index is 1.29. The van der Waals surface area contributed by atoms with Crippen molar-refractivity contribution in [1.29, 1.82) is 0 Å². The first-order chi connectivity index (χ1) is 24.4. The van der Waals surface area contributed by atoms with Crippen molar-refractivity contribution in [2.45, 2.75) is 110 Å². The van der Waals surface area contributed by atoms with E-state index < -0.39 is 29.1 Å². The molecule has 3 N–H and O–H groups in total. The molecule has 0 bridgehead atoms. The van der Waals surface area contributed by atoms with Gasteiger partial charge in [-0.2, -0.15) is 5.10 Å². The first-order valence-electron chi connectivity index (χ1n) is 17.4. The van der Waals surface area contributed by atoms with E-state index in [-0.39, 0.29) is 41.8 Å². The summed E-state index contributed by atoms with van der Waals surface area (Å²) < 4.78 is 15.9. The molecule has 276 valence electrons. The third-order valence-electron chi connectivity index (χ3n) is 8.48. The molecule has 0 radical (unpaired) electrons. The number of fused-ring (bicyclic) bond motifs is 2. The van der Waals surface area contributed by atoms with Crippen molar-refractivity contribution in [2.24, 2.45) is 5.92 Å². The second kappa shape index (κ2) is 15.5. The third-order valence-corrected chi connectivity index (χ3v) is 9.47. The highest BCUT2D eigenvalue weighted by atomic mass is 32.2. The minimum absolute atomic E-state index is 0.0188. The predicted octanol–water partition coefficient (Wildman–Crippen LogP) is 6.30. The molecule has 2 amide bonds. The van der Waals surface area contributed by atoms with Gasteiger partial charge in [-0.05, 0) is 114 Å². The summed E-state index contributed by atoms with van der Waals surface area (Å²) in [7, 11) is 0. The summed E-state index contributed by atoms with van der Waals surface area (Å²) in [6.07, 6.45) is 2.87. The number of esters is 2. The number of benzene rings is 2. The van der Waals surface area contributed by atoms with E-state index in [2.05, 4.69) is 25.4 Å². The largest absolute Gasteiger partial charge is 0.459 e. The van der Waals surface area contributed by atoms with Gasteiger partial charge in [-0.25, -0.2) is 19.0 Å². The van der Waals surface area contributed by atoms with Crippen molar-refractivity contribution in [3.8, 4) is 0 Å². The molecule has 2 aromatic heterocycles. The van der Waals surface area contributed by atoms with E-state index in [0.29, 0.717) is 24.1 Å². The third kappa shape index (κ3) is 9.18. The molecule has 1 aliphatic carbocycles. The molecular formula is C39H48N6O6S. The van der Waals surface area contributed by atoms with E-state index in [0.717, 1.165) is 27.1 Å². The highest BCUT2D eigenvalue weighted by Gasteiger charge is 2.31. The maximum atomic E-state index is 13.8. The summed E-state index contributed by atoms with van der Waals surface area (Å²) in [5.74, 6) is -1.60. The first-order valence-corrected chi connectivity index (χ1v) is 18.3. The molecule has 0 aliphatic heterocycles. The highest BCUT2D eigenvalue weighted by Crippen LogP contribution is 2.35. The van der Waals surface area contributed by atoms with Crippen LogP contribution < -0.4 is 15.4 Å². The molecule has 0 saturated carbocycles. The van der Waals surface area contributed by atoms with Crippen LogP contribution in [-0.4, -0.2) is 55.6 Å². The average Bonchev–Trinajstić information content (AvgIpc) is 3.69. The SMILES string of the molecule is Cc1c(C(=O)OC(C)(C)C)ccc2c1CC[C@@H]2NC(=O)c1cc(C(=O)NCc2ccccc2SN[C@H](C(=O)OC(C)(C)C)C(C)C)nc2ccnn12. The number of carbonyl (C=O) groups excluding carboxylic acids is 4. The van der Waals surface area contributed by atoms with E-state index in [4.69, 9.17) is 9.47 Å². The molecule has 13 heteroatoms. The van der Waals surface area contributed by atoms with Crippen LogP contribution >= 0.6 is 11.9 Å². The van der Waals surface area contributed by atoms with Crippen LogP contribution in [0.2, 0.25) is 0 Å². The number of nitrogens with one attached hydrogen (secondary N) is 3. The van der Waals surface area contributed by atoms with Crippen LogP contribution in [0.25, 0.3) is 5.65 Å². The van der Waals surface area contributed by atoms with Crippen molar-refractivity contribution >= 4 is 41.3 Å².